The molecular formula is C27H35N5O2S. The summed E-state index contributed by atoms with van der Waals surface area (Å²) in [7, 11) is -3.48. The summed E-state index contributed by atoms with van der Waals surface area (Å²) >= 11 is 0. The van der Waals surface area contributed by atoms with Crippen molar-refractivity contribution in [2.45, 2.75) is 62.9 Å². The highest BCUT2D eigenvalue weighted by Crippen LogP contribution is 2.29. The SMILES string of the molecule is Cc1ccc(S(=O)(=O)N2CCN(C(C)c3nc(NC4CCCCC4)c4ccccc4n3)CC2)cc1. The lowest BCUT2D eigenvalue weighted by Crippen LogP contribution is -2.49. The Kier molecular flexibility index (Phi) is 7.05. The molecule has 2 fully saturated rings. The first-order valence-electron chi connectivity index (χ1n) is 12.8. The molecule has 1 aliphatic heterocycles. The zero-order valence-electron chi connectivity index (χ0n) is 20.7. The minimum Gasteiger partial charge on any atom is -0.367 e. The summed E-state index contributed by atoms with van der Waals surface area (Å²) < 4.78 is 27.8. The number of aromatic nitrogens is 2. The number of fused-ring (bicyclic) bond motifs is 1. The molecule has 5 rings (SSSR count). The third kappa shape index (κ3) is 5.20. The maximum atomic E-state index is 13.1. The standard InChI is InChI=1S/C27H35N5O2S/c1-20-12-14-23(15-13-20)35(33,34)32-18-16-31(17-19-32)21(2)26-29-25-11-7-6-10-24(25)27(30-26)28-22-8-4-3-5-9-22/h6-7,10-15,21-22H,3-5,8-9,16-19H2,1-2H3,(H,28,29,30). The van der Waals surface area contributed by atoms with Crippen molar-refractivity contribution in [2.75, 3.05) is 31.5 Å². The molecule has 7 nitrogen and oxygen atoms in total. The van der Waals surface area contributed by atoms with E-state index in [9.17, 15) is 8.42 Å². The lowest BCUT2D eigenvalue weighted by atomic mass is 9.95. The van der Waals surface area contributed by atoms with E-state index < -0.39 is 10.0 Å². The Bertz CT molecular complexity index is 1260. The van der Waals surface area contributed by atoms with Crippen LogP contribution in [0.15, 0.2) is 53.4 Å². The van der Waals surface area contributed by atoms with Crippen LogP contribution in [-0.4, -0.2) is 59.8 Å². The molecule has 0 spiro atoms. The zero-order valence-corrected chi connectivity index (χ0v) is 21.5. The second-order valence-electron chi connectivity index (χ2n) is 9.86. The lowest BCUT2D eigenvalue weighted by molar-refractivity contribution is 0.141. The van der Waals surface area contributed by atoms with Gasteiger partial charge >= 0.3 is 0 Å². The normalized spacial score (nSPS) is 19.6. The summed E-state index contributed by atoms with van der Waals surface area (Å²) in [6.07, 6.45) is 6.21. The van der Waals surface area contributed by atoms with Gasteiger partial charge in [0.1, 0.15) is 11.6 Å². The quantitative estimate of drug-likeness (QED) is 0.534. The van der Waals surface area contributed by atoms with Crippen LogP contribution in [0.5, 0.6) is 0 Å². The molecule has 2 heterocycles. The van der Waals surface area contributed by atoms with Crippen molar-refractivity contribution >= 4 is 26.7 Å². The number of rotatable bonds is 6. The van der Waals surface area contributed by atoms with Crippen LogP contribution in [0.3, 0.4) is 0 Å². The van der Waals surface area contributed by atoms with Crippen LogP contribution in [0.25, 0.3) is 10.9 Å². The highest BCUT2D eigenvalue weighted by Gasteiger charge is 2.31. The number of aryl methyl sites for hydroxylation is 1. The zero-order chi connectivity index (χ0) is 24.4. The lowest BCUT2D eigenvalue weighted by Gasteiger charge is -2.37. The molecule has 2 aromatic carbocycles. The summed E-state index contributed by atoms with van der Waals surface area (Å²) in [5.41, 5.74) is 2.00. The van der Waals surface area contributed by atoms with E-state index in [4.69, 9.17) is 9.97 Å². The molecular weight excluding hydrogens is 458 g/mol. The summed E-state index contributed by atoms with van der Waals surface area (Å²) in [4.78, 5) is 12.6. The number of hydrogen-bond acceptors (Lipinski definition) is 6. The van der Waals surface area contributed by atoms with E-state index in [1.807, 2.05) is 37.3 Å². The molecule has 1 atom stereocenters. The van der Waals surface area contributed by atoms with E-state index in [-0.39, 0.29) is 6.04 Å². The summed E-state index contributed by atoms with van der Waals surface area (Å²) in [6.45, 7) is 6.30. The van der Waals surface area contributed by atoms with E-state index in [0.717, 1.165) is 28.1 Å². The van der Waals surface area contributed by atoms with E-state index in [0.29, 0.717) is 37.1 Å². The number of hydrogen-bond donors (Lipinski definition) is 1. The predicted octanol–water partition coefficient (Wildman–Crippen LogP) is 4.75. The average molecular weight is 494 g/mol. The van der Waals surface area contributed by atoms with Crippen molar-refractivity contribution in [1.29, 1.82) is 0 Å². The molecule has 0 radical (unpaired) electrons. The maximum absolute atomic E-state index is 13.1. The van der Waals surface area contributed by atoms with Crippen molar-refractivity contribution in [3.05, 3.63) is 59.9 Å². The fourth-order valence-corrected chi connectivity index (χ4v) is 6.61. The van der Waals surface area contributed by atoms with Crippen LogP contribution >= 0.6 is 0 Å². The van der Waals surface area contributed by atoms with Gasteiger partial charge in [-0.1, -0.05) is 49.1 Å². The molecule has 1 aromatic heterocycles. The first kappa shape index (κ1) is 24.2. The summed E-state index contributed by atoms with van der Waals surface area (Å²) in [5, 5.41) is 4.77. The molecule has 186 valence electrons. The fraction of sp³-hybridized carbons (Fsp3) is 0.481. The molecule has 35 heavy (non-hydrogen) atoms. The highest BCUT2D eigenvalue weighted by molar-refractivity contribution is 7.89. The number of nitrogens with one attached hydrogen (secondary N) is 1. The van der Waals surface area contributed by atoms with Gasteiger partial charge in [0.15, 0.2) is 0 Å². The van der Waals surface area contributed by atoms with Gasteiger partial charge in [0, 0.05) is 37.6 Å². The Morgan fingerprint density at radius 1 is 0.914 bits per heavy atom. The van der Waals surface area contributed by atoms with E-state index in [2.05, 4.69) is 23.2 Å². The van der Waals surface area contributed by atoms with Gasteiger partial charge in [-0.15, -0.1) is 0 Å². The molecule has 1 unspecified atom stereocenters. The summed E-state index contributed by atoms with van der Waals surface area (Å²) in [5.74, 6) is 1.71. The summed E-state index contributed by atoms with van der Waals surface area (Å²) in [6, 6.07) is 15.7. The van der Waals surface area contributed by atoms with Crippen LogP contribution < -0.4 is 5.32 Å². The van der Waals surface area contributed by atoms with Gasteiger partial charge in [-0.3, -0.25) is 4.90 Å². The van der Waals surface area contributed by atoms with Crippen molar-refractivity contribution < 1.29 is 8.42 Å². The van der Waals surface area contributed by atoms with Gasteiger partial charge < -0.3 is 5.32 Å². The van der Waals surface area contributed by atoms with E-state index in [1.54, 1.807) is 16.4 Å². The van der Waals surface area contributed by atoms with Gasteiger partial charge in [0.25, 0.3) is 0 Å². The van der Waals surface area contributed by atoms with Crippen LogP contribution in [0.2, 0.25) is 0 Å². The Labute approximate surface area is 208 Å². The molecule has 1 aliphatic carbocycles. The first-order valence-corrected chi connectivity index (χ1v) is 14.2. The van der Waals surface area contributed by atoms with E-state index >= 15 is 0 Å². The van der Waals surface area contributed by atoms with Crippen molar-refractivity contribution in [3.8, 4) is 0 Å². The number of piperazine rings is 1. The number of sulfonamides is 1. The molecule has 0 amide bonds. The van der Waals surface area contributed by atoms with Crippen molar-refractivity contribution in [1.82, 2.24) is 19.2 Å². The second-order valence-corrected chi connectivity index (χ2v) is 11.8. The number of benzene rings is 2. The Morgan fingerprint density at radius 2 is 1.60 bits per heavy atom. The predicted molar refractivity (Wildman–Crippen MR) is 140 cm³/mol. The maximum Gasteiger partial charge on any atom is 0.243 e. The molecule has 0 bridgehead atoms. The van der Waals surface area contributed by atoms with Gasteiger partial charge in [-0.25, -0.2) is 18.4 Å². The van der Waals surface area contributed by atoms with Crippen LogP contribution in [0.4, 0.5) is 5.82 Å². The first-order chi connectivity index (χ1) is 16.9. The second kappa shape index (κ2) is 10.2. The highest BCUT2D eigenvalue weighted by atomic mass is 32.2. The topological polar surface area (TPSA) is 78.4 Å². The molecule has 3 aromatic rings. The van der Waals surface area contributed by atoms with Gasteiger partial charge in [0.05, 0.1) is 16.5 Å². The third-order valence-electron chi connectivity index (χ3n) is 7.42. The number of para-hydroxylation sites is 1. The van der Waals surface area contributed by atoms with Crippen LogP contribution in [-0.2, 0) is 10.0 Å². The molecule has 1 N–H and O–H groups in total. The van der Waals surface area contributed by atoms with Crippen molar-refractivity contribution in [3.63, 3.8) is 0 Å². The number of anilines is 1. The van der Waals surface area contributed by atoms with E-state index in [1.165, 1.54) is 32.1 Å². The molecule has 1 saturated carbocycles. The molecule has 8 heteroatoms. The largest absolute Gasteiger partial charge is 0.367 e. The Balaban J connectivity index is 1.32. The Hall–Kier alpha value is -2.55. The minimum absolute atomic E-state index is 0.00394. The molecule has 2 aliphatic rings. The monoisotopic (exact) mass is 493 g/mol. The van der Waals surface area contributed by atoms with Crippen LogP contribution in [0, 0.1) is 6.92 Å². The number of nitrogens with zero attached hydrogens (tertiary/aromatic N) is 4. The van der Waals surface area contributed by atoms with Gasteiger partial charge in [-0.05, 0) is 51.0 Å². The Morgan fingerprint density at radius 3 is 2.31 bits per heavy atom. The average Bonchev–Trinajstić information content (AvgIpc) is 2.89. The van der Waals surface area contributed by atoms with Crippen LogP contribution in [0.1, 0.15) is 56.5 Å². The third-order valence-corrected chi connectivity index (χ3v) is 9.33. The van der Waals surface area contributed by atoms with Gasteiger partial charge in [0.2, 0.25) is 10.0 Å². The van der Waals surface area contributed by atoms with Crippen molar-refractivity contribution in [2.24, 2.45) is 0 Å². The minimum atomic E-state index is -3.48. The molecule has 1 saturated heterocycles. The smallest absolute Gasteiger partial charge is 0.243 e. The fourth-order valence-electron chi connectivity index (χ4n) is 5.19. The van der Waals surface area contributed by atoms with Gasteiger partial charge in [-0.2, -0.15) is 4.31 Å².